The monoisotopic (exact) mass is 1230 g/mol. The molecular formula is C68H136GeN8O2Si2. The number of hydrogen-bond donors (Lipinski definition) is 8. The summed E-state index contributed by atoms with van der Waals surface area (Å²) >= 11 is -1.45. The normalized spacial score (nSPS) is 34.7. The zero-order chi connectivity index (χ0) is 56.5. The van der Waals surface area contributed by atoms with E-state index in [1.54, 1.807) is 0 Å². The van der Waals surface area contributed by atoms with Gasteiger partial charge < -0.3 is 0 Å². The molecule has 472 valence electrons. The topological polar surface area (TPSA) is 115 Å². The first-order valence-corrected chi connectivity index (χ1v) is 44.7. The van der Waals surface area contributed by atoms with Crippen LogP contribution in [0.5, 0.6) is 0 Å². The number of unbranched alkanes of at least 4 members (excludes halogenated alkanes) is 18. The molecule has 9 fully saturated rings. The Morgan fingerprint density at radius 1 is 0.247 bits per heavy atom. The van der Waals surface area contributed by atoms with E-state index in [1.165, 1.54) is 293 Å². The molecule has 8 bridgehead atoms. The molecule has 8 unspecified atom stereocenters. The molecule has 4 aliphatic carbocycles. The van der Waals surface area contributed by atoms with E-state index in [0.717, 1.165) is 47.3 Å². The maximum atomic E-state index is 7.45. The van der Waals surface area contributed by atoms with Gasteiger partial charge in [-0.2, -0.15) is 0 Å². The number of hydrogen-bond acceptors (Lipinski definition) is 10. The molecule has 5 aliphatic heterocycles. The first-order chi connectivity index (χ1) is 39.9. The Bertz CT molecular complexity index is 1360. The summed E-state index contributed by atoms with van der Waals surface area (Å²) in [6.45, 7) is 14.1. The molecule has 5 heterocycles. The van der Waals surface area contributed by atoms with Gasteiger partial charge in [0.1, 0.15) is 0 Å². The molecule has 81 heavy (non-hydrogen) atoms. The molecule has 9 rings (SSSR count). The van der Waals surface area contributed by atoms with E-state index in [2.05, 4.69) is 84.1 Å². The van der Waals surface area contributed by atoms with Gasteiger partial charge in [0.05, 0.1) is 49.3 Å². The summed E-state index contributed by atoms with van der Waals surface area (Å²) in [5.41, 5.74) is 0. The SMILES string of the molecule is C1CCC2C3NC(NC4NC(NC5NC(NC6NC(N3)C3CCCCC63)C3CCCCC53)C3CCCCC43)C2C1.CCCCCC[Si](CCCCCC)(CCCCCC)[O][GeH2][O][Si](CCCCCC)(CCCCCC)CCCCCC. The zero-order valence-electron chi connectivity index (χ0n) is 54.3. The fourth-order valence-corrected chi connectivity index (χ4v) is 36.9. The fourth-order valence-electron chi connectivity index (χ4n) is 18.7. The summed E-state index contributed by atoms with van der Waals surface area (Å²) in [4.78, 5) is 0. The average molecular weight is 1230 g/mol. The number of fused-ring (bicyclic) bond motifs is 20. The molecule has 0 aromatic rings. The Morgan fingerprint density at radius 3 is 0.556 bits per heavy atom. The van der Waals surface area contributed by atoms with Crippen LogP contribution < -0.4 is 42.5 Å². The van der Waals surface area contributed by atoms with Crippen LogP contribution in [0.3, 0.4) is 0 Å². The summed E-state index contributed by atoms with van der Waals surface area (Å²) in [6, 6.07) is 8.57. The Balaban J connectivity index is 0.000000212. The molecule has 8 N–H and O–H groups in total. The van der Waals surface area contributed by atoms with Crippen molar-refractivity contribution in [3.05, 3.63) is 0 Å². The molecule has 0 radical (unpaired) electrons. The zero-order valence-corrected chi connectivity index (χ0v) is 59.3. The van der Waals surface area contributed by atoms with Gasteiger partial charge in [-0.15, -0.1) is 0 Å². The Morgan fingerprint density at radius 2 is 0.407 bits per heavy atom. The molecule has 4 saturated carbocycles. The maximum absolute atomic E-state index is 7.45. The van der Waals surface area contributed by atoms with E-state index in [0.29, 0.717) is 49.3 Å². The van der Waals surface area contributed by atoms with Crippen LogP contribution in [0.4, 0.5) is 0 Å². The second-order valence-electron chi connectivity index (χ2n) is 29.2. The summed E-state index contributed by atoms with van der Waals surface area (Å²) in [5, 5.41) is 33.8. The van der Waals surface area contributed by atoms with Crippen LogP contribution in [0.15, 0.2) is 0 Å². The van der Waals surface area contributed by atoms with Crippen molar-refractivity contribution >= 4 is 32.7 Å². The molecule has 8 atom stereocenters. The minimum atomic E-state index is -1.70. The van der Waals surface area contributed by atoms with Gasteiger partial charge in [0, 0.05) is 0 Å². The first kappa shape index (κ1) is 67.5. The van der Waals surface area contributed by atoms with Gasteiger partial charge in [-0.25, -0.2) is 0 Å². The van der Waals surface area contributed by atoms with Gasteiger partial charge in [-0.05, 0) is 98.7 Å². The minimum absolute atomic E-state index is 0.420. The van der Waals surface area contributed by atoms with Crippen molar-refractivity contribution in [1.82, 2.24) is 42.5 Å². The second-order valence-corrected chi connectivity index (χ2v) is 41.7. The number of nitrogens with one attached hydrogen (secondary N) is 8. The molecule has 9 aliphatic rings. The summed E-state index contributed by atoms with van der Waals surface area (Å²) in [6.07, 6.45) is 59.0. The molecule has 0 aromatic carbocycles. The van der Waals surface area contributed by atoms with Crippen molar-refractivity contribution in [2.45, 2.75) is 384 Å². The molecule has 10 nitrogen and oxygen atoms in total. The Hall–Kier alpha value is 0.577. The first-order valence-electron chi connectivity index (χ1n) is 37.2. The van der Waals surface area contributed by atoms with Crippen LogP contribution in [0.1, 0.15) is 298 Å². The molecule has 13 heteroatoms. The van der Waals surface area contributed by atoms with Gasteiger partial charge in [0.25, 0.3) is 0 Å². The Kier molecular flexibility index (Phi) is 30.8. The van der Waals surface area contributed by atoms with Crippen molar-refractivity contribution in [3.63, 3.8) is 0 Å². The molecule has 0 aromatic heterocycles. The average Bonchev–Trinajstić information content (AvgIpc) is 4.27. The summed E-state index contributed by atoms with van der Waals surface area (Å²) < 4.78 is 14.9. The predicted molar refractivity (Wildman–Crippen MR) is 353 cm³/mol. The van der Waals surface area contributed by atoms with Crippen LogP contribution in [0.25, 0.3) is 0 Å². The third kappa shape index (κ3) is 19.8. The van der Waals surface area contributed by atoms with E-state index >= 15 is 0 Å². The van der Waals surface area contributed by atoms with Crippen LogP contribution in [0.2, 0.25) is 36.3 Å². The van der Waals surface area contributed by atoms with Gasteiger partial charge >= 0.3 is 272 Å². The van der Waals surface area contributed by atoms with Gasteiger partial charge in [0.15, 0.2) is 0 Å². The second kappa shape index (κ2) is 36.9. The van der Waals surface area contributed by atoms with Crippen molar-refractivity contribution in [2.24, 2.45) is 47.3 Å². The van der Waals surface area contributed by atoms with Crippen LogP contribution in [-0.4, -0.2) is 82.1 Å². The molecule has 0 amide bonds. The van der Waals surface area contributed by atoms with Crippen LogP contribution in [-0.2, 0) is 6.91 Å². The summed E-state index contributed by atoms with van der Waals surface area (Å²) in [5.74, 6) is 5.97. The van der Waals surface area contributed by atoms with Gasteiger partial charge in [-0.1, -0.05) is 51.4 Å². The third-order valence-electron chi connectivity index (χ3n) is 23.4. The van der Waals surface area contributed by atoms with E-state index in [4.69, 9.17) is 6.91 Å². The Labute approximate surface area is 510 Å². The molecular weight excluding hydrogens is 1090 g/mol. The van der Waals surface area contributed by atoms with E-state index in [1.807, 2.05) is 0 Å². The third-order valence-corrected chi connectivity index (χ3v) is 41.7. The molecule has 0 spiro atoms. The van der Waals surface area contributed by atoms with Crippen molar-refractivity contribution in [3.8, 4) is 0 Å². The van der Waals surface area contributed by atoms with Crippen LogP contribution in [0, 0.1) is 47.3 Å². The molecule has 5 saturated heterocycles. The predicted octanol–water partition coefficient (Wildman–Crippen LogP) is 16.0. The fraction of sp³-hybridized carbons (Fsp3) is 1.00. The van der Waals surface area contributed by atoms with Gasteiger partial charge in [-0.3, -0.25) is 42.5 Å². The summed E-state index contributed by atoms with van der Waals surface area (Å²) in [7, 11) is -3.39. The van der Waals surface area contributed by atoms with Crippen molar-refractivity contribution in [2.75, 3.05) is 0 Å². The van der Waals surface area contributed by atoms with Crippen molar-refractivity contribution in [1.29, 1.82) is 0 Å². The number of rotatable bonds is 34. The standard InChI is InChI=1S/C36H80GeO2Si2.C32H56N8/c1-7-13-19-25-31-40(32-26-20-14-8-2,33-27-21-15-9-3)38-37-39-41(34-28-22-16-10-4,35-29-23-17-11-5)36-30-24-18-12-6;1-2-10-18-17(9-1)25-33-26(18)38-28-21-13-5-6-14-22(21)30(35-28)40-32-24-16-8-7-15-23(24)31(36-32)39-29-20-12-4-3-11-19(20)27(34-29)37-25/h7-37H2,1-6H3;17-40H,1-16H2. The van der Waals surface area contributed by atoms with E-state index in [-0.39, 0.29) is 0 Å². The van der Waals surface area contributed by atoms with Crippen LogP contribution >= 0.6 is 0 Å². The van der Waals surface area contributed by atoms with Gasteiger partial charge in [0.2, 0.25) is 0 Å². The van der Waals surface area contributed by atoms with E-state index < -0.39 is 32.7 Å². The quantitative estimate of drug-likeness (QED) is 0.0234. The van der Waals surface area contributed by atoms with Crippen molar-refractivity contribution < 1.29 is 6.91 Å². The van der Waals surface area contributed by atoms with E-state index in [9.17, 15) is 0 Å².